The summed E-state index contributed by atoms with van der Waals surface area (Å²) in [5, 5.41) is 8.90. The molecule has 6 nitrogen and oxygen atoms in total. The van der Waals surface area contributed by atoms with Gasteiger partial charge in [0.15, 0.2) is 5.69 Å². The molecule has 0 spiro atoms. The second kappa shape index (κ2) is 6.50. The number of halogens is 1. The summed E-state index contributed by atoms with van der Waals surface area (Å²) in [6.45, 7) is 5.54. The second-order valence-corrected chi connectivity index (χ2v) is 7.64. The van der Waals surface area contributed by atoms with Crippen molar-refractivity contribution >= 4 is 44.6 Å². The van der Waals surface area contributed by atoms with Gasteiger partial charge in [-0.2, -0.15) is 9.78 Å². The molecule has 2 aromatic heterocycles. The van der Waals surface area contributed by atoms with E-state index in [2.05, 4.69) is 10.4 Å². The van der Waals surface area contributed by atoms with Crippen molar-refractivity contribution in [1.82, 2.24) is 15.1 Å². The lowest BCUT2D eigenvalue weighted by molar-refractivity contribution is 0.0938. The second-order valence-electron chi connectivity index (χ2n) is 5.94. The predicted molar refractivity (Wildman–Crippen MR) is 102 cm³/mol. The lowest BCUT2D eigenvalue weighted by Crippen LogP contribution is -2.33. The number of rotatable bonds is 3. The van der Waals surface area contributed by atoms with Crippen molar-refractivity contribution in [3.8, 4) is 5.69 Å². The molecule has 0 radical (unpaired) electrons. The SMILES string of the molecule is Cc1sc(N)c2c(=O)n(-c3ccc(Cl)cc3)nc(C(=O)NC(C)C)c12. The van der Waals surface area contributed by atoms with E-state index in [-0.39, 0.29) is 23.2 Å². The quantitative estimate of drug-likeness (QED) is 0.734. The number of aromatic nitrogens is 2. The van der Waals surface area contributed by atoms with Crippen molar-refractivity contribution in [3.63, 3.8) is 0 Å². The van der Waals surface area contributed by atoms with E-state index in [1.54, 1.807) is 24.3 Å². The first-order valence-corrected chi connectivity index (χ1v) is 8.87. The van der Waals surface area contributed by atoms with Crippen molar-refractivity contribution in [2.45, 2.75) is 26.8 Å². The third kappa shape index (κ3) is 3.12. The summed E-state index contributed by atoms with van der Waals surface area (Å²) in [6, 6.07) is 6.59. The normalized spacial score (nSPS) is 11.2. The van der Waals surface area contributed by atoms with Crippen LogP contribution < -0.4 is 16.6 Å². The molecule has 0 aliphatic carbocycles. The number of hydrogen-bond donors (Lipinski definition) is 2. The minimum Gasteiger partial charge on any atom is -0.390 e. The van der Waals surface area contributed by atoms with Gasteiger partial charge in [0.1, 0.15) is 0 Å². The van der Waals surface area contributed by atoms with Gasteiger partial charge in [0.2, 0.25) is 0 Å². The number of carbonyl (C=O) groups excluding carboxylic acids is 1. The van der Waals surface area contributed by atoms with Gasteiger partial charge in [0, 0.05) is 21.3 Å². The van der Waals surface area contributed by atoms with Crippen LogP contribution in [0.15, 0.2) is 29.1 Å². The Morgan fingerprint density at radius 2 is 1.92 bits per heavy atom. The number of fused-ring (bicyclic) bond motifs is 1. The molecule has 3 aromatic rings. The van der Waals surface area contributed by atoms with E-state index in [0.29, 0.717) is 26.5 Å². The highest BCUT2D eigenvalue weighted by atomic mass is 35.5. The molecular weight excluding hydrogens is 360 g/mol. The fraction of sp³-hybridized carbons (Fsp3) is 0.235. The molecule has 0 atom stereocenters. The Bertz CT molecular complexity index is 1020. The first-order chi connectivity index (χ1) is 11.8. The fourth-order valence-electron chi connectivity index (χ4n) is 2.61. The number of amides is 1. The zero-order valence-corrected chi connectivity index (χ0v) is 15.5. The highest BCUT2D eigenvalue weighted by Gasteiger charge is 2.23. The topological polar surface area (TPSA) is 90.0 Å². The number of nitrogens with two attached hydrogens (primary N) is 1. The third-order valence-electron chi connectivity index (χ3n) is 3.66. The minimum atomic E-state index is -0.361. The molecule has 25 heavy (non-hydrogen) atoms. The number of thiophene rings is 1. The monoisotopic (exact) mass is 376 g/mol. The summed E-state index contributed by atoms with van der Waals surface area (Å²) in [4.78, 5) is 26.3. The van der Waals surface area contributed by atoms with Crippen LogP contribution in [0.3, 0.4) is 0 Å². The molecule has 0 fully saturated rings. The van der Waals surface area contributed by atoms with E-state index < -0.39 is 0 Å². The molecule has 8 heteroatoms. The summed E-state index contributed by atoms with van der Waals surface area (Å²) in [6.07, 6.45) is 0. The van der Waals surface area contributed by atoms with Crippen LogP contribution in [0.25, 0.3) is 16.5 Å². The van der Waals surface area contributed by atoms with Gasteiger partial charge in [-0.1, -0.05) is 11.6 Å². The molecule has 0 saturated heterocycles. The molecule has 0 unspecified atom stereocenters. The van der Waals surface area contributed by atoms with Crippen molar-refractivity contribution in [2.24, 2.45) is 0 Å². The molecule has 0 saturated carbocycles. The molecule has 1 amide bonds. The highest BCUT2D eigenvalue weighted by Crippen LogP contribution is 2.32. The lowest BCUT2D eigenvalue weighted by Gasteiger charge is -2.12. The van der Waals surface area contributed by atoms with Crippen LogP contribution in [0.2, 0.25) is 5.02 Å². The Morgan fingerprint density at radius 1 is 1.28 bits per heavy atom. The molecule has 1 aromatic carbocycles. The van der Waals surface area contributed by atoms with Crippen LogP contribution in [0.5, 0.6) is 0 Å². The number of anilines is 1. The number of nitrogens with zero attached hydrogens (tertiary/aromatic N) is 2. The number of hydrogen-bond acceptors (Lipinski definition) is 5. The maximum absolute atomic E-state index is 12.9. The summed E-state index contributed by atoms with van der Waals surface area (Å²) in [7, 11) is 0. The van der Waals surface area contributed by atoms with E-state index in [0.717, 1.165) is 4.88 Å². The van der Waals surface area contributed by atoms with Crippen molar-refractivity contribution in [3.05, 3.63) is 50.2 Å². The number of carbonyl (C=O) groups is 1. The molecular formula is C17H17ClN4O2S. The Hall–Kier alpha value is -2.38. The highest BCUT2D eigenvalue weighted by molar-refractivity contribution is 7.17. The summed E-state index contributed by atoms with van der Waals surface area (Å²) < 4.78 is 1.19. The van der Waals surface area contributed by atoms with Gasteiger partial charge >= 0.3 is 0 Å². The van der Waals surface area contributed by atoms with E-state index in [1.807, 2.05) is 20.8 Å². The molecule has 0 aliphatic heterocycles. The summed E-state index contributed by atoms with van der Waals surface area (Å²) in [5.74, 6) is -0.344. The maximum atomic E-state index is 12.9. The zero-order chi connectivity index (χ0) is 18.3. The van der Waals surface area contributed by atoms with E-state index in [9.17, 15) is 9.59 Å². The average Bonchev–Trinajstić information content (AvgIpc) is 2.83. The van der Waals surface area contributed by atoms with Gasteiger partial charge in [-0.05, 0) is 45.0 Å². The largest absolute Gasteiger partial charge is 0.390 e. The van der Waals surface area contributed by atoms with Gasteiger partial charge in [-0.25, -0.2) is 0 Å². The van der Waals surface area contributed by atoms with Crippen molar-refractivity contribution in [2.75, 3.05) is 5.73 Å². The number of benzene rings is 1. The fourth-order valence-corrected chi connectivity index (χ4v) is 3.66. The van der Waals surface area contributed by atoms with Crippen LogP contribution >= 0.6 is 22.9 Å². The first kappa shape index (κ1) is 17.4. The Balaban J connectivity index is 2.34. The summed E-state index contributed by atoms with van der Waals surface area (Å²) in [5.41, 5.74) is 6.38. The van der Waals surface area contributed by atoms with Gasteiger partial charge in [-0.15, -0.1) is 11.3 Å². The van der Waals surface area contributed by atoms with Gasteiger partial charge in [0.25, 0.3) is 11.5 Å². The maximum Gasteiger partial charge on any atom is 0.282 e. The predicted octanol–water partition coefficient (Wildman–Crippen LogP) is 3.13. The molecule has 0 bridgehead atoms. The lowest BCUT2D eigenvalue weighted by atomic mass is 10.1. The van der Waals surface area contributed by atoms with Crippen LogP contribution in [0.4, 0.5) is 5.00 Å². The Kier molecular flexibility index (Phi) is 4.53. The van der Waals surface area contributed by atoms with Crippen LogP contribution in [0.1, 0.15) is 29.2 Å². The number of nitrogen functional groups attached to an aromatic ring is 1. The van der Waals surface area contributed by atoms with Gasteiger partial charge in [0.05, 0.1) is 16.1 Å². The molecule has 0 aliphatic rings. The van der Waals surface area contributed by atoms with Crippen LogP contribution in [0, 0.1) is 6.92 Å². The minimum absolute atomic E-state index is 0.0588. The molecule has 3 rings (SSSR count). The first-order valence-electron chi connectivity index (χ1n) is 7.68. The van der Waals surface area contributed by atoms with Crippen LogP contribution in [-0.2, 0) is 0 Å². The standard InChI is InChI=1S/C17H17ClN4O2S/c1-8(2)20-16(23)14-12-9(3)25-15(19)13(12)17(24)22(21-14)11-6-4-10(18)5-7-11/h4-8H,19H2,1-3H3,(H,20,23). The van der Waals surface area contributed by atoms with E-state index in [1.165, 1.54) is 16.0 Å². The third-order valence-corrected chi connectivity index (χ3v) is 4.85. The molecule has 2 heterocycles. The van der Waals surface area contributed by atoms with Crippen LogP contribution in [-0.4, -0.2) is 21.7 Å². The number of aryl methyl sites for hydroxylation is 1. The summed E-state index contributed by atoms with van der Waals surface area (Å²) >= 11 is 7.19. The average molecular weight is 377 g/mol. The Morgan fingerprint density at radius 3 is 2.52 bits per heavy atom. The zero-order valence-electron chi connectivity index (χ0n) is 14.0. The molecule has 3 N–H and O–H groups in total. The van der Waals surface area contributed by atoms with Crippen molar-refractivity contribution < 1.29 is 4.79 Å². The molecule has 130 valence electrons. The van der Waals surface area contributed by atoms with Gasteiger partial charge < -0.3 is 11.1 Å². The van der Waals surface area contributed by atoms with E-state index in [4.69, 9.17) is 17.3 Å². The number of nitrogens with one attached hydrogen (secondary N) is 1. The van der Waals surface area contributed by atoms with E-state index >= 15 is 0 Å². The van der Waals surface area contributed by atoms with Crippen molar-refractivity contribution in [1.29, 1.82) is 0 Å². The van der Waals surface area contributed by atoms with Gasteiger partial charge in [-0.3, -0.25) is 9.59 Å². The Labute approximate surface area is 153 Å². The smallest absolute Gasteiger partial charge is 0.282 e.